The van der Waals surface area contributed by atoms with Crippen molar-refractivity contribution in [2.45, 2.75) is 69.6 Å². The van der Waals surface area contributed by atoms with Crippen molar-refractivity contribution in [1.82, 2.24) is 9.73 Å². The van der Waals surface area contributed by atoms with Crippen LogP contribution in [0.4, 0.5) is 0 Å². The van der Waals surface area contributed by atoms with E-state index in [0.29, 0.717) is 18.7 Å². The molecule has 0 saturated carbocycles. The zero-order chi connectivity index (χ0) is 20.7. The second-order valence-electron chi connectivity index (χ2n) is 7.72. The van der Waals surface area contributed by atoms with E-state index in [4.69, 9.17) is 0 Å². The molecule has 1 aliphatic carbocycles. The molecule has 0 radical (unpaired) electrons. The van der Waals surface area contributed by atoms with Crippen LogP contribution in [-0.4, -0.2) is 37.4 Å². The molecule has 1 amide bonds. The predicted octanol–water partition coefficient (Wildman–Crippen LogP) is 4.25. The van der Waals surface area contributed by atoms with E-state index in [1.807, 2.05) is 0 Å². The van der Waals surface area contributed by atoms with Crippen LogP contribution >= 0.6 is 0 Å². The molecule has 158 valence electrons. The molecule has 1 saturated heterocycles. The largest absolute Gasteiger partial charge is 0.271 e. The summed E-state index contributed by atoms with van der Waals surface area (Å²) in [5.41, 5.74) is 5.09. The van der Waals surface area contributed by atoms with Gasteiger partial charge in [-0.1, -0.05) is 38.3 Å². The van der Waals surface area contributed by atoms with E-state index in [1.54, 1.807) is 18.2 Å². The third-order valence-electron chi connectivity index (χ3n) is 5.53. The summed E-state index contributed by atoms with van der Waals surface area (Å²) in [5, 5.41) is 4.33. The minimum Gasteiger partial charge on any atom is -0.267 e. The SMILES string of the molecule is CCCCCC1=CCCC1=NNC(=O)c1cccc(S(=O)(=O)N2CCCCC2)c1. The quantitative estimate of drug-likeness (QED) is 0.507. The van der Waals surface area contributed by atoms with Crippen molar-refractivity contribution in [2.24, 2.45) is 5.10 Å². The van der Waals surface area contributed by atoms with Crippen LogP contribution < -0.4 is 5.43 Å². The zero-order valence-corrected chi connectivity index (χ0v) is 18.0. The monoisotopic (exact) mass is 417 g/mol. The van der Waals surface area contributed by atoms with Gasteiger partial charge in [0.2, 0.25) is 10.0 Å². The summed E-state index contributed by atoms with van der Waals surface area (Å²) in [6.07, 6.45) is 11.3. The molecule has 3 rings (SSSR count). The molecule has 1 aliphatic heterocycles. The molecule has 0 unspecified atom stereocenters. The van der Waals surface area contributed by atoms with Crippen LogP contribution in [0.2, 0.25) is 0 Å². The Morgan fingerprint density at radius 2 is 1.97 bits per heavy atom. The average molecular weight is 418 g/mol. The van der Waals surface area contributed by atoms with Crippen molar-refractivity contribution in [3.05, 3.63) is 41.5 Å². The van der Waals surface area contributed by atoms with Gasteiger partial charge in [-0.3, -0.25) is 4.79 Å². The van der Waals surface area contributed by atoms with Crippen LogP contribution in [0.1, 0.15) is 75.1 Å². The summed E-state index contributed by atoms with van der Waals surface area (Å²) in [7, 11) is -3.56. The van der Waals surface area contributed by atoms with Crippen molar-refractivity contribution in [3.8, 4) is 0 Å². The number of rotatable bonds is 8. The lowest BCUT2D eigenvalue weighted by Gasteiger charge is -2.25. The summed E-state index contributed by atoms with van der Waals surface area (Å²) >= 11 is 0. The van der Waals surface area contributed by atoms with Crippen LogP contribution in [-0.2, 0) is 10.0 Å². The second-order valence-corrected chi connectivity index (χ2v) is 9.66. The molecule has 1 aromatic carbocycles. The number of hydrogen-bond donors (Lipinski definition) is 1. The summed E-state index contributed by atoms with van der Waals surface area (Å²) in [6.45, 7) is 3.26. The van der Waals surface area contributed by atoms with E-state index in [0.717, 1.165) is 50.7 Å². The Balaban J connectivity index is 1.67. The van der Waals surface area contributed by atoms with Crippen LogP contribution in [0.5, 0.6) is 0 Å². The highest BCUT2D eigenvalue weighted by atomic mass is 32.2. The first kappa shape index (κ1) is 21.7. The molecule has 2 aliphatic rings. The maximum atomic E-state index is 12.9. The van der Waals surface area contributed by atoms with Crippen molar-refractivity contribution >= 4 is 21.6 Å². The average Bonchev–Trinajstić information content (AvgIpc) is 3.20. The maximum Gasteiger partial charge on any atom is 0.271 e. The first-order valence-electron chi connectivity index (χ1n) is 10.7. The molecule has 1 heterocycles. The Bertz CT molecular complexity index is 884. The number of carbonyl (C=O) groups is 1. The molecule has 6 nitrogen and oxygen atoms in total. The normalized spacial score (nSPS) is 19.3. The highest BCUT2D eigenvalue weighted by Crippen LogP contribution is 2.22. The lowest BCUT2D eigenvalue weighted by atomic mass is 10.1. The van der Waals surface area contributed by atoms with E-state index >= 15 is 0 Å². The van der Waals surface area contributed by atoms with E-state index in [9.17, 15) is 13.2 Å². The van der Waals surface area contributed by atoms with Crippen molar-refractivity contribution < 1.29 is 13.2 Å². The van der Waals surface area contributed by atoms with Gasteiger partial charge in [-0.05, 0) is 62.3 Å². The molecular weight excluding hydrogens is 386 g/mol. The number of nitrogens with one attached hydrogen (secondary N) is 1. The Morgan fingerprint density at radius 1 is 1.17 bits per heavy atom. The number of hydrogen-bond acceptors (Lipinski definition) is 4. The predicted molar refractivity (Wildman–Crippen MR) is 115 cm³/mol. The van der Waals surface area contributed by atoms with Gasteiger partial charge in [0.05, 0.1) is 10.6 Å². The summed E-state index contributed by atoms with van der Waals surface area (Å²) in [4.78, 5) is 12.7. The number of allylic oxidation sites excluding steroid dienone is 2. The number of piperidine rings is 1. The number of unbranched alkanes of at least 4 members (excludes halogenated alkanes) is 2. The molecule has 0 bridgehead atoms. The van der Waals surface area contributed by atoms with Gasteiger partial charge < -0.3 is 0 Å². The number of carbonyl (C=O) groups excluding carboxylic acids is 1. The molecule has 1 aromatic rings. The third-order valence-corrected chi connectivity index (χ3v) is 7.43. The number of nitrogens with zero attached hydrogens (tertiary/aromatic N) is 2. The van der Waals surface area contributed by atoms with Crippen molar-refractivity contribution in [2.75, 3.05) is 13.1 Å². The lowest BCUT2D eigenvalue weighted by Crippen LogP contribution is -2.35. The third kappa shape index (κ3) is 5.54. The molecule has 0 spiro atoms. The molecule has 29 heavy (non-hydrogen) atoms. The minimum atomic E-state index is -3.56. The minimum absolute atomic E-state index is 0.167. The summed E-state index contributed by atoms with van der Waals surface area (Å²) in [6, 6.07) is 6.24. The Hall–Kier alpha value is -1.99. The number of sulfonamides is 1. The van der Waals surface area contributed by atoms with Crippen LogP contribution in [0.25, 0.3) is 0 Å². The van der Waals surface area contributed by atoms with E-state index in [2.05, 4.69) is 23.5 Å². The Labute approximate surface area is 174 Å². The van der Waals surface area contributed by atoms with Gasteiger partial charge in [-0.15, -0.1) is 0 Å². The van der Waals surface area contributed by atoms with Crippen LogP contribution in [0, 0.1) is 0 Å². The highest BCUT2D eigenvalue weighted by Gasteiger charge is 2.26. The number of benzene rings is 1. The molecule has 0 aromatic heterocycles. The first-order chi connectivity index (χ1) is 14.0. The Kier molecular flexibility index (Phi) is 7.61. The van der Waals surface area contributed by atoms with Crippen molar-refractivity contribution in [1.29, 1.82) is 0 Å². The van der Waals surface area contributed by atoms with Gasteiger partial charge >= 0.3 is 0 Å². The molecule has 0 atom stereocenters. The van der Waals surface area contributed by atoms with Crippen molar-refractivity contribution in [3.63, 3.8) is 0 Å². The first-order valence-corrected chi connectivity index (χ1v) is 12.1. The smallest absolute Gasteiger partial charge is 0.267 e. The lowest BCUT2D eigenvalue weighted by molar-refractivity contribution is 0.0954. The van der Waals surface area contributed by atoms with Gasteiger partial charge in [0.25, 0.3) is 5.91 Å². The molecule has 7 heteroatoms. The summed E-state index contributed by atoms with van der Waals surface area (Å²) in [5.74, 6) is -0.381. The fourth-order valence-electron chi connectivity index (χ4n) is 3.84. The fourth-order valence-corrected chi connectivity index (χ4v) is 5.40. The zero-order valence-electron chi connectivity index (χ0n) is 17.2. The second kappa shape index (κ2) is 10.2. The molecule has 1 fully saturated rings. The van der Waals surface area contributed by atoms with E-state index in [1.165, 1.54) is 28.8 Å². The van der Waals surface area contributed by atoms with Crippen LogP contribution in [0.3, 0.4) is 0 Å². The van der Waals surface area contributed by atoms with Gasteiger partial charge in [0.15, 0.2) is 0 Å². The van der Waals surface area contributed by atoms with E-state index < -0.39 is 10.0 Å². The fraction of sp³-hybridized carbons (Fsp3) is 0.545. The van der Waals surface area contributed by atoms with Gasteiger partial charge in [0, 0.05) is 18.7 Å². The maximum absolute atomic E-state index is 12.9. The molecule has 1 N–H and O–H groups in total. The Morgan fingerprint density at radius 3 is 2.72 bits per heavy atom. The summed E-state index contributed by atoms with van der Waals surface area (Å²) < 4.78 is 27.2. The van der Waals surface area contributed by atoms with Crippen LogP contribution in [0.15, 0.2) is 45.9 Å². The highest BCUT2D eigenvalue weighted by molar-refractivity contribution is 7.89. The van der Waals surface area contributed by atoms with Gasteiger partial charge in [0.1, 0.15) is 0 Å². The standard InChI is InChI=1S/C22H31N3O3S/c1-2-3-5-10-18-11-9-14-21(18)23-24-22(26)19-12-8-13-20(17-19)29(27,28)25-15-6-4-7-16-25/h8,11-13,17H,2-7,9-10,14-16H2,1H3,(H,24,26). The topological polar surface area (TPSA) is 78.8 Å². The molecular formula is C22H31N3O3S. The number of hydrazone groups is 1. The van der Waals surface area contributed by atoms with Gasteiger partial charge in [-0.2, -0.15) is 9.41 Å². The number of amides is 1. The van der Waals surface area contributed by atoms with Gasteiger partial charge in [-0.25, -0.2) is 13.8 Å². The van der Waals surface area contributed by atoms with E-state index in [-0.39, 0.29) is 10.8 Å².